The van der Waals surface area contributed by atoms with Crippen molar-refractivity contribution in [3.8, 4) is 17.1 Å². The van der Waals surface area contributed by atoms with Crippen molar-refractivity contribution in [2.75, 3.05) is 0 Å². The van der Waals surface area contributed by atoms with Crippen LogP contribution in [0.15, 0.2) is 67.3 Å². The van der Waals surface area contributed by atoms with Gasteiger partial charge in [-0.25, -0.2) is 9.67 Å². The van der Waals surface area contributed by atoms with Crippen molar-refractivity contribution < 1.29 is 4.79 Å². The third kappa shape index (κ3) is 3.96. The normalized spacial score (nSPS) is 10.9. The highest BCUT2D eigenvalue weighted by Crippen LogP contribution is 2.20. The molecule has 2 heterocycles. The summed E-state index contributed by atoms with van der Waals surface area (Å²) in [6, 6.07) is 18.0. The van der Waals surface area contributed by atoms with Gasteiger partial charge in [0.25, 0.3) is 0 Å². The summed E-state index contributed by atoms with van der Waals surface area (Å²) in [5.41, 5.74) is 8.39. The van der Waals surface area contributed by atoms with E-state index in [4.69, 9.17) is 5.73 Å². The number of nitrogens with zero attached hydrogens (tertiary/aromatic N) is 6. The Morgan fingerprint density at radius 3 is 2.36 bits per heavy atom. The highest BCUT2D eigenvalue weighted by Gasteiger charge is 2.14. The molecule has 0 saturated carbocycles. The minimum Gasteiger partial charge on any atom is -0.369 e. The topological polar surface area (TPSA) is 105 Å². The third-order valence-electron chi connectivity index (χ3n) is 4.35. The van der Waals surface area contributed by atoms with Crippen LogP contribution in [0.25, 0.3) is 17.1 Å². The second-order valence-electron chi connectivity index (χ2n) is 6.37. The lowest BCUT2D eigenvalue weighted by atomic mass is 10.1. The molecule has 0 aliphatic heterocycles. The largest absolute Gasteiger partial charge is 0.369 e. The first-order valence-corrected chi connectivity index (χ1v) is 8.90. The predicted molar refractivity (Wildman–Crippen MR) is 103 cm³/mol. The third-order valence-corrected chi connectivity index (χ3v) is 4.35. The first-order valence-electron chi connectivity index (χ1n) is 8.90. The maximum Gasteiger partial charge on any atom is 0.225 e. The van der Waals surface area contributed by atoms with E-state index in [0.29, 0.717) is 18.2 Å². The molecule has 0 atom stereocenters. The van der Waals surface area contributed by atoms with Gasteiger partial charge in [0.2, 0.25) is 5.91 Å². The summed E-state index contributed by atoms with van der Waals surface area (Å²) in [6.07, 6.45) is 4.11. The summed E-state index contributed by atoms with van der Waals surface area (Å²) < 4.78 is 3.65. The van der Waals surface area contributed by atoms with E-state index in [1.165, 1.54) is 5.56 Å². The molecule has 0 aliphatic rings. The van der Waals surface area contributed by atoms with Gasteiger partial charge in [-0.2, -0.15) is 5.10 Å². The van der Waals surface area contributed by atoms with Crippen LogP contribution in [0.2, 0.25) is 0 Å². The summed E-state index contributed by atoms with van der Waals surface area (Å²) in [6.45, 7) is 0.651. The maximum atomic E-state index is 11.3. The summed E-state index contributed by atoms with van der Waals surface area (Å²) in [4.78, 5) is 15.8. The lowest BCUT2D eigenvalue weighted by molar-refractivity contribution is -0.117. The van der Waals surface area contributed by atoms with Crippen LogP contribution < -0.4 is 5.73 Å². The van der Waals surface area contributed by atoms with Crippen molar-refractivity contribution in [1.82, 2.24) is 29.5 Å². The Bertz CT molecular complexity index is 1050. The van der Waals surface area contributed by atoms with E-state index in [1.54, 1.807) is 12.7 Å². The van der Waals surface area contributed by atoms with Gasteiger partial charge in [-0.3, -0.25) is 9.36 Å². The molecule has 0 aliphatic carbocycles. The minimum absolute atomic E-state index is 0.0180. The van der Waals surface area contributed by atoms with Gasteiger partial charge in [0.15, 0.2) is 11.6 Å². The van der Waals surface area contributed by atoms with Crippen molar-refractivity contribution in [1.29, 1.82) is 0 Å². The summed E-state index contributed by atoms with van der Waals surface area (Å²) in [7, 11) is 0. The Kier molecular flexibility index (Phi) is 4.92. The molecular formula is C20H19N7O. The van der Waals surface area contributed by atoms with Crippen molar-refractivity contribution in [2.45, 2.75) is 19.4 Å². The number of carbonyl (C=O) groups is 1. The van der Waals surface area contributed by atoms with Crippen LogP contribution in [0.4, 0.5) is 0 Å². The summed E-state index contributed by atoms with van der Waals surface area (Å²) in [5.74, 6) is 0.690. The Morgan fingerprint density at radius 2 is 1.68 bits per heavy atom. The van der Waals surface area contributed by atoms with Gasteiger partial charge in [-0.05, 0) is 36.2 Å². The Labute approximate surface area is 161 Å². The second-order valence-corrected chi connectivity index (χ2v) is 6.37. The molecule has 2 N–H and O–H groups in total. The zero-order chi connectivity index (χ0) is 19.3. The van der Waals surface area contributed by atoms with Gasteiger partial charge in [-0.1, -0.05) is 30.3 Å². The highest BCUT2D eigenvalue weighted by atomic mass is 16.1. The van der Waals surface area contributed by atoms with Crippen LogP contribution in [-0.2, 0) is 24.2 Å². The number of amides is 1. The van der Waals surface area contributed by atoms with Crippen molar-refractivity contribution in [3.05, 3.63) is 78.6 Å². The first kappa shape index (κ1) is 17.6. The summed E-state index contributed by atoms with van der Waals surface area (Å²) >= 11 is 0. The van der Waals surface area contributed by atoms with E-state index >= 15 is 0 Å². The number of aryl methyl sites for hydroxylation is 2. The fourth-order valence-corrected chi connectivity index (χ4v) is 2.99. The Hall–Kier alpha value is -3.81. The number of primary amides is 1. The van der Waals surface area contributed by atoms with Crippen LogP contribution in [0, 0.1) is 0 Å². The van der Waals surface area contributed by atoms with E-state index in [1.807, 2.05) is 51.7 Å². The smallest absolute Gasteiger partial charge is 0.225 e. The Balaban J connectivity index is 1.62. The van der Waals surface area contributed by atoms with Gasteiger partial charge < -0.3 is 5.73 Å². The number of rotatable bonds is 7. The van der Waals surface area contributed by atoms with Crippen molar-refractivity contribution in [2.24, 2.45) is 5.73 Å². The van der Waals surface area contributed by atoms with Crippen molar-refractivity contribution >= 4 is 5.91 Å². The van der Waals surface area contributed by atoms with Crippen LogP contribution in [-0.4, -0.2) is 35.4 Å². The highest BCUT2D eigenvalue weighted by molar-refractivity contribution is 5.75. The van der Waals surface area contributed by atoms with Crippen LogP contribution in [0.1, 0.15) is 11.4 Å². The zero-order valence-corrected chi connectivity index (χ0v) is 15.1. The maximum absolute atomic E-state index is 11.3. The fraction of sp³-hybridized carbons (Fsp3) is 0.150. The SMILES string of the molecule is NC(=O)Cc1nc(-c2ccc(-n3cnnc3)cc2)n(CCc2ccccc2)n1. The monoisotopic (exact) mass is 373 g/mol. The number of nitrogens with two attached hydrogens (primary N) is 1. The van der Waals surface area contributed by atoms with Gasteiger partial charge in [0, 0.05) is 17.8 Å². The first-order chi connectivity index (χ1) is 13.7. The molecule has 0 unspecified atom stereocenters. The molecule has 0 radical (unpaired) electrons. The average molecular weight is 373 g/mol. The molecule has 4 aromatic rings. The van der Waals surface area contributed by atoms with E-state index in [2.05, 4.69) is 32.4 Å². The molecule has 8 heteroatoms. The average Bonchev–Trinajstić information content (AvgIpc) is 3.37. The number of carbonyl (C=O) groups excluding carboxylic acids is 1. The lowest BCUT2D eigenvalue weighted by Crippen LogP contribution is -2.15. The minimum atomic E-state index is -0.449. The molecule has 2 aromatic carbocycles. The molecule has 0 saturated heterocycles. The van der Waals surface area contributed by atoms with E-state index < -0.39 is 5.91 Å². The fourth-order valence-electron chi connectivity index (χ4n) is 2.99. The molecule has 28 heavy (non-hydrogen) atoms. The van der Waals surface area contributed by atoms with Crippen LogP contribution in [0.3, 0.4) is 0 Å². The Morgan fingerprint density at radius 1 is 0.964 bits per heavy atom. The van der Waals surface area contributed by atoms with E-state index in [9.17, 15) is 4.79 Å². The van der Waals surface area contributed by atoms with Gasteiger partial charge in [0.05, 0.1) is 6.42 Å². The second kappa shape index (κ2) is 7.83. The lowest BCUT2D eigenvalue weighted by Gasteiger charge is -2.07. The molecule has 2 aromatic heterocycles. The standard InChI is InChI=1S/C20H19N7O/c21-18(28)12-19-24-20(27(25-19)11-10-15-4-2-1-3-5-15)16-6-8-17(9-7-16)26-13-22-23-14-26/h1-9,13-14H,10-12H2,(H2,21,28). The molecule has 1 amide bonds. The van der Waals surface area contributed by atoms with Gasteiger partial charge in [0.1, 0.15) is 12.7 Å². The number of hydrogen-bond donors (Lipinski definition) is 1. The van der Waals surface area contributed by atoms with E-state index in [-0.39, 0.29) is 6.42 Å². The van der Waals surface area contributed by atoms with Crippen LogP contribution >= 0.6 is 0 Å². The van der Waals surface area contributed by atoms with Gasteiger partial charge in [-0.15, -0.1) is 10.2 Å². The van der Waals surface area contributed by atoms with Gasteiger partial charge >= 0.3 is 0 Å². The molecular weight excluding hydrogens is 354 g/mol. The number of hydrogen-bond acceptors (Lipinski definition) is 5. The number of aromatic nitrogens is 6. The molecule has 0 fully saturated rings. The molecule has 140 valence electrons. The molecule has 4 rings (SSSR count). The molecule has 8 nitrogen and oxygen atoms in total. The number of benzene rings is 2. The molecule has 0 spiro atoms. The van der Waals surface area contributed by atoms with Crippen LogP contribution in [0.5, 0.6) is 0 Å². The molecule has 0 bridgehead atoms. The van der Waals surface area contributed by atoms with Crippen molar-refractivity contribution in [3.63, 3.8) is 0 Å². The summed E-state index contributed by atoms with van der Waals surface area (Å²) in [5, 5.41) is 12.1. The predicted octanol–water partition coefficient (Wildman–Crippen LogP) is 1.80. The van der Waals surface area contributed by atoms with E-state index in [0.717, 1.165) is 17.7 Å². The quantitative estimate of drug-likeness (QED) is 0.532. The zero-order valence-electron chi connectivity index (χ0n) is 15.1.